The van der Waals surface area contributed by atoms with Crippen LogP contribution in [0.3, 0.4) is 0 Å². The Morgan fingerprint density at radius 3 is 2.85 bits per heavy atom. The van der Waals surface area contributed by atoms with E-state index in [1.807, 2.05) is 0 Å². The standard InChI is InChI=1S/C10H7BrClFN4O2S/c11-5-1-4(13)2-6(12)8(5)17-9(14)15-16-10(17)20-3-7(18)19/h1-2H,3H2,(H2,14,15)(H,18,19). The number of nitrogen functional groups attached to an aromatic ring is 1. The van der Waals surface area contributed by atoms with Crippen molar-refractivity contribution < 1.29 is 14.3 Å². The van der Waals surface area contributed by atoms with Gasteiger partial charge >= 0.3 is 5.97 Å². The summed E-state index contributed by atoms with van der Waals surface area (Å²) in [5, 5.41) is 16.5. The van der Waals surface area contributed by atoms with Crippen molar-refractivity contribution in [3.05, 3.63) is 27.4 Å². The number of carbonyl (C=O) groups is 1. The summed E-state index contributed by atoms with van der Waals surface area (Å²) in [7, 11) is 0. The number of carboxylic acids is 1. The lowest BCUT2D eigenvalue weighted by molar-refractivity contribution is -0.133. The Hall–Kier alpha value is -1.32. The zero-order valence-corrected chi connectivity index (χ0v) is 12.8. The number of hydrogen-bond acceptors (Lipinski definition) is 5. The Labute approximate surface area is 130 Å². The number of nitrogens with zero attached hydrogens (tertiary/aromatic N) is 3. The second kappa shape index (κ2) is 5.98. The Bertz CT molecular complexity index is 658. The molecule has 1 aromatic heterocycles. The van der Waals surface area contributed by atoms with Crippen LogP contribution >= 0.6 is 39.3 Å². The third-order valence-corrected chi connectivity index (χ3v) is 3.99. The van der Waals surface area contributed by atoms with Crippen molar-refractivity contribution >= 4 is 51.2 Å². The van der Waals surface area contributed by atoms with Gasteiger partial charge < -0.3 is 10.8 Å². The van der Waals surface area contributed by atoms with Gasteiger partial charge in [0.05, 0.1) is 16.5 Å². The van der Waals surface area contributed by atoms with Gasteiger partial charge in [-0.1, -0.05) is 23.4 Å². The van der Waals surface area contributed by atoms with E-state index >= 15 is 0 Å². The molecular formula is C10H7BrClFN4O2S. The van der Waals surface area contributed by atoms with Crippen LogP contribution in [-0.2, 0) is 4.79 Å². The predicted molar refractivity (Wildman–Crippen MR) is 76.8 cm³/mol. The van der Waals surface area contributed by atoms with Crippen LogP contribution in [0.15, 0.2) is 21.8 Å². The van der Waals surface area contributed by atoms with Crippen LogP contribution in [-0.4, -0.2) is 31.6 Å². The quantitative estimate of drug-likeness (QED) is 0.791. The van der Waals surface area contributed by atoms with Gasteiger partial charge in [-0.3, -0.25) is 9.36 Å². The number of carboxylic acid groups (broad SMARTS) is 1. The number of nitrogens with two attached hydrogens (primary N) is 1. The zero-order chi connectivity index (χ0) is 14.9. The first-order chi connectivity index (χ1) is 9.40. The van der Waals surface area contributed by atoms with Crippen LogP contribution in [0.5, 0.6) is 0 Å². The Kier molecular flexibility index (Phi) is 4.51. The van der Waals surface area contributed by atoms with Crippen molar-refractivity contribution in [3.8, 4) is 5.69 Å². The first-order valence-electron chi connectivity index (χ1n) is 5.10. The minimum atomic E-state index is -1.01. The number of hydrogen-bond donors (Lipinski definition) is 2. The Balaban J connectivity index is 2.52. The fourth-order valence-corrected chi connectivity index (χ4v) is 3.14. The molecule has 0 spiro atoms. The predicted octanol–water partition coefficient (Wildman–Crippen LogP) is 2.58. The van der Waals surface area contributed by atoms with Gasteiger partial charge in [0.2, 0.25) is 5.95 Å². The van der Waals surface area contributed by atoms with E-state index in [1.165, 1.54) is 10.6 Å². The van der Waals surface area contributed by atoms with E-state index in [-0.39, 0.29) is 21.9 Å². The summed E-state index contributed by atoms with van der Waals surface area (Å²) in [4.78, 5) is 10.6. The van der Waals surface area contributed by atoms with Crippen LogP contribution in [0, 0.1) is 5.82 Å². The molecule has 0 unspecified atom stereocenters. The van der Waals surface area contributed by atoms with E-state index in [9.17, 15) is 9.18 Å². The lowest BCUT2D eigenvalue weighted by atomic mass is 10.3. The molecule has 0 radical (unpaired) electrons. The third kappa shape index (κ3) is 3.05. The minimum Gasteiger partial charge on any atom is -0.481 e. The van der Waals surface area contributed by atoms with E-state index in [0.29, 0.717) is 10.2 Å². The van der Waals surface area contributed by atoms with Crippen LogP contribution in [0.1, 0.15) is 0 Å². The zero-order valence-electron chi connectivity index (χ0n) is 9.68. The van der Waals surface area contributed by atoms with Gasteiger partial charge in [0.25, 0.3) is 0 Å². The van der Waals surface area contributed by atoms with Crippen molar-refractivity contribution in [3.63, 3.8) is 0 Å². The highest BCUT2D eigenvalue weighted by Crippen LogP contribution is 2.34. The molecule has 0 bridgehead atoms. The average molecular weight is 382 g/mol. The smallest absolute Gasteiger partial charge is 0.313 e. The first kappa shape index (κ1) is 15.1. The molecule has 0 aliphatic carbocycles. The summed E-state index contributed by atoms with van der Waals surface area (Å²) in [6.45, 7) is 0. The summed E-state index contributed by atoms with van der Waals surface area (Å²) in [5.74, 6) is -1.72. The van der Waals surface area contributed by atoms with Crippen LogP contribution in [0.4, 0.5) is 10.3 Å². The highest BCUT2D eigenvalue weighted by atomic mass is 79.9. The molecule has 2 rings (SSSR count). The monoisotopic (exact) mass is 380 g/mol. The van der Waals surface area contributed by atoms with Gasteiger partial charge in [-0.25, -0.2) is 4.39 Å². The molecular weight excluding hydrogens is 375 g/mol. The molecule has 106 valence electrons. The van der Waals surface area contributed by atoms with E-state index < -0.39 is 11.8 Å². The number of rotatable bonds is 4. The van der Waals surface area contributed by atoms with Gasteiger partial charge in [0, 0.05) is 4.47 Å². The maximum atomic E-state index is 13.2. The highest BCUT2D eigenvalue weighted by molar-refractivity contribution is 9.10. The van der Waals surface area contributed by atoms with E-state index in [4.69, 9.17) is 22.4 Å². The molecule has 3 N–H and O–H groups in total. The molecule has 2 aromatic rings. The lowest BCUT2D eigenvalue weighted by Gasteiger charge is -2.11. The van der Waals surface area contributed by atoms with Gasteiger partial charge in [0.15, 0.2) is 5.16 Å². The van der Waals surface area contributed by atoms with Crippen molar-refractivity contribution in [2.45, 2.75) is 5.16 Å². The van der Waals surface area contributed by atoms with Crippen LogP contribution < -0.4 is 5.73 Å². The largest absolute Gasteiger partial charge is 0.481 e. The highest BCUT2D eigenvalue weighted by Gasteiger charge is 2.19. The number of halogens is 3. The molecule has 0 amide bonds. The van der Waals surface area contributed by atoms with E-state index in [0.717, 1.165) is 17.8 Å². The molecule has 0 saturated carbocycles. The lowest BCUT2D eigenvalue weighted by Crippen LogP contribution is -2.06. The number of aromatic nitrogens is 3. The molecule has 10 heteroatoms. The molecule has 0 atom stereocenters. The number of benzene rings is 1. The first-order valence-corrected chi connectivity index (χ1v) is 7.26. The Morgan fingerprint density at radius 1 is 1.55 bits per heavy atom. The fourth-order valence-electron chi connectivity index (χ4n) is 1.46. The Morgan fingerprint density at radius 2 is 2.25 bits per heavy atom. The molecule has 1 heterocycles. The summed E-state index contributed by atoms with van der Waals surface area (Å²) in [6.07, 6.45) is 0. The molecule has 0 saturated heterocycles. The minimum absolute atomic E-state index is 0.0205. The maximum Gasteiger partial charge on any atom is 0.313 e. The summed E-state index contributed by atoms with van der Waals surface area (Å²) >= 11 is 10.1. The van der Waals surface area contributed by atoms with Crippen molar-refractivity contribution in [2.24, 2.45) is 0 Å². The van der Waals surface area contributed by atoms with E-state index in [2.05, 4.69) is 26.1 Å². The number of thioether (sulfide) groups is 1. The molecule has 1 aromatic carbocycles. The third-order valence-electron chi connectivity index (χ3n) is 2.19. The number of aliphatic carboxylic acids is 1. The molecule has 0 fully saturated rings. The second-order valence-corrected chi connectivity index (χ2v) is 5.78. The summed E-state index contributed by atoms with van der Waals surface area (Å²) in [6, 6.07) is 2.33. The maximum absolute atomic E-state index is 13.2. The second-order valence-electron chi connectivity index (χ2n) is 3.58. The number of anilines is 1. The van der Waals surface area contributed by atoms with Crippen molar-refractivity contribution in [1.29, 1.82) is 0 Å². The van der Waals surface area contributed by atoms with E-state index in [1.54, 1.807) is 0 Å². The summed E-state index contributed by atoms with van der Waals surface area (Å²) < 4.78 is 14.9. The van der Waals surface area contributed by atoms with Gasteiger partial charge in [-0.15, -0.1) is 10.2 Å². The molecule has 20 heavy (non-hydrogen) atoms. The average Bonchev–Trinajstić information content (AvgIpc) is 2.67. The summed E-state index contributed by atoms with van der Waals surface area (Å²) in [5.41, 5.74) is 6.06. The van der Waals surface area contributed by atoms with Gasteiger partial charge in [0.1, 0.15) is 5.82 Å². The fraction of sp³-hybridized carbons (Fsp3) is 0.100. The van der Waals surface area contributed by atoms with Crippen molar-refractivity contribution in [2.75, 3.05) is 11.5 Å². The van der Waals surface area contributed by atoms with Crippen molar-refractivity contribution in [1.82, 2.24) is 14.8 Å². The van der Waals surface area contributed by atoms with Crippen LogP contribution in [0.25, 0.3) is 5.69 Å². The molecule has 6 nitrogen and oxygen atoms in total. The van der Waals surface area contributed by atoms with Gasteiger partial charge in [-0.05, 0) is 28.1 Å². The normalized spacial score (nSPS) is 10.8. The van der Waals surface area contributed by atoms with Gasteiger partial charge in [-0.2, -0.15) is 0 Å². The molecule has 0 aliphatic heterocycles. The van der Waals surface area contributed by atoms with Crippen LogP contribution in [0.2, 0.25) is 5.02 Å². The topological polar surface area (TPSA) is 94.0 Å². The SMILES string of the molecule is Nc1nnc(SCC(=O)O)n1-c1c(Cl)cc(F)cc1Br. The molecule has 0 aliphatic rings.